The molecular weight excluding hydrogens is 242 g/mol. The Balaban J connectivity index is 2.06. The zero-order valence-corrected chi connectivity index (χ0v) is 10.6. The molecule has 96 valence electrons. The number of hydrogen-bond donors (Lipinski definition) is 1. The van der Waals surface area contributed by atoms with Crippen molar-refractivity contribution in [3.8, 4) is 0 Å². The lowest BCUT2D eigenvalue weighted by molar-refractivity contribution is -0.150. The van der Waals surface area contributed by atoms with Crippen LogP contribution < -0.4 is 0 Å². The molecule has 6 heteroatoms. The molecule has 0 aromatic heterocycles. The number of β-amino-alcohol motifs (C(OH)–C–C–N with tert-alkyl or cyclic N) is 1. The number of carbonyl (C=O) groups excluding carboxylic acids is 2. The highest BCUT2D eigenvalue weighted by molar-refractivity contribution is 8.00. The van der Waals surface area contributed by atoms with E-state index in [1.807, 2.05) is 0 Å². The summed E-state index contributed by atoms with van der Waals surface area (Å²) in [5, 5.41) is 9.55. The third-order valence-corrected chi connectivity index (χ3v) is 4.60. The molecule has 3 atom stereocenters. The summed E-state index contributed by atoms with van der Waals surface area (Å²) < 4.78 is 4.67. The van der Waals surface area contributed by atoms with Gasteiger partial charge in [0.15, 0.2) is 0 Å². The summed E-state index contributed by atoms with van der Waals surface area (Å²) in [6.45, 7) is 0.246. The van der Waals surface area contributed by atoms with Crippen LogP contribution in [0.3, 0.4) is 0 Å². The molecule has 2 heterocycles. The highest BCUT2D eigenvalue weighted by atomic mass is 32.2. The van der Waals surface area contributed by atoms with Crippen LogP contribution in [0.15, 0.2) is 0 Å². The summed E-state index contributed by atoms with van der Waals surface area (Å²) in [6, 6.07) is -0.608. The van der Waals surface area contributed by atoms with E-state index in [2.05, 4.69) is 4.74 Å². The number of carbonyl (C=O) groups is 2. The summed E-state index contributed by atoms with van der Waals surface area (Å²) in [5.74, 6) is 0.535. The van der Waals surface area contributed by atoms with Gasteiger partial charge in [-0.2, -0.15) is 0 Å². The summed E-state index contributed by atoms with van der Waals surface area (Å²) in [6.07, 6.45) is 1.58. The quantitative estimate of drug-likeness (QED) is 0.708. The summed E-state index contributed by atoms with van der Waals surface area (Å²) in [7, 11) is 1.31. The number of nitrogens with zero attached hydrogens (tertiary/aromatic N) is 1. The van der Waals surface area contributed by atoms with Gasteiger partial charge in [-0.1, -0.05) is 0 Å². The Kier molecular flexibility index (Phi) is 3.93. The number of likely N-dealkylation sites (tertiary alicyclic amines) is 1. The molecule has 0 aromatic carbocycles. The second-order valence-electron chi connectivity index (χ2n) is 4.42. The van der Waals surface area contributed by atoms with Gasteiger partial charge in [0.2, 0.25) is 5.91 Å². The molecule has 5 nitrogen and oxygen atoms in total. The van der Waals surface area contributed by atoms with E-state index in [1.54, 1.807) is 11.8 Å². The largest absolute Gasteiger partial charge is 0.467 e. The minimum absolute atomic E-state index is 0.0283. The van der Waals surface area contributed by atoms with Crippen molar-refractivity contribution < 1.29 is 19.4 Å². The number of methoxy groups -OCH3 is 1. The van der Waals surface area contributed by atoms with E-state index in [4.69, 9.17) is 0 Å². The molecule has 1 N–H and O–H groups in total. The van der Waals surface area contributed by atoms with Crippen LogP contribution >= 0.6 is 11.8 Å². The zero-order valence-electron chi connectivity index (χ0n) is 9.80. The lowest BCUT2D eigenvalue weighted by atomic mass is 10.2. The van der Waals surface area contributed by atoms with E-state index < -0.39 is 18.1 Å². The number of aliphatic hydroxyl groups is 1. The number of esters is 1. The lowest BCUT2D eigenvalue weighted by Gasteiger charge is -2.24. The molecule has 2 saturated heterocycles. The first-order valence-corrected chi connectivity index (χ1v) is 6.86. The number of amides is 1. The number of ether oxygens (including phenoxy) is 1. The molecule has 17 heavy (non-hydrogen) atoms. The van der Waals surface area contributed by atoms with Crippen LogP contribution in [-0.4, -0.2) is 58.7 Å². The maximum absolute atomic E-state index is 12.2. The average molecular weight is 259 g/mol. The fraction of sp³-hybridized carbons (Fsp3) is 0.818. The SMILES string of the molecule is COC(=O)C1CC(O)CN1C(=O)C1CCCS1. The number of rotatable bonds is 2. The molecule has 3 unspecified atom stereocenters. The number of hydrogen-bond acceptors (Lipinski definition) is 5. The maximum Gasteiger partial charge on any atom is 0.328 e. The summed E-state index contributed by atoms with van der Waals surface area (Å²) in [4.78, 5) is 25.3. The highest BCUT2D eigenvalue weighted by Gasteiger charge is 2.42. The minimum Gasteiger partial charge on any atom is -0.467 e. The standard InChI is InChI=1S/C11H17NO4S/c1-16-11(15)8-5-7(13)6-12(8)10(14)9-3-2-4-17-9/h7-9,13H,2-6H2,1H3. The van der Waals surface area contributed by atoms with Gasteiger partial charge in [-0.15, -0.1) is 11.8 Å². The molecule has 2 aliphatic rings. The van der Waals surface area contributed by atoms with Crippen molar-refractivity contribution >= 4 is 23.6 Å². The predicted octanol–water partition coefficient (Wildman–Crippen LogP) is 0.0168. The van der Waals surface area contributed by atoms with Crippen molar-refractivity contribution in [1.29, 1.82) is 0 Å². The Morgan fingerprint density at radius 1 is 1.47 bits per heavy atom. The molecule has 2 aliphatic heterocycles. The fourth-order valence-corrected chi connectivity index (χ4v) is 3.60. The van der Waals surface area contributed by atoms with Crippen molar-refractivity contribution in [2.75, 3.05) is 19.4 Å². The van der Waals surface area contributed by atoms with Gasteiger partial charge in [-0.25, -0.2) is 4.79 Å². The first kappa shape index (κ1) is 12.7. The van der Waals surface area contributed by atoms with Gasteiger partial charge in [-0.3, -0.25) is 4.79 Å². The van der Waals surface area contributed by atoms with Gasteiger partial charge in [0.05, 0.1) is 18.5 Å². The Labute approximate surface area is 104 Å². The Hall–Kier alpha value is -0.750. The molecule has 0 saturated carbocycles. The van der Waals surface area contributed by atoms with E-state index >= 15 is 0 Å². The Morgan fingerprint density at radius 3 is 2.82 bits per heavy atom. The van der Waals surface area contributed by atoms with Crippen molar-refractivity contribution in [2.45, 2.75) is 36.7 Å². The van der Waals surface area contributed by atoms with Gasteiger partial charge in [-0.05, 0) is 18.6 Å². The molecule has 1 amide bonds. The van der Waals surface area contributed by atoms with E-state index in [0.717, 1.165) is 18.6 Å². The molecule has 0 spiro atoms. The van der Waals surface area contributed by atoms with Gasteiger partial charge in [0, 0.05) is 13.0 Å². The van der Waals surface area contributed by atoms with Crippen molar-refractivity contribution in [1.82, 2.24) is 4.90 Å². The van der Waals surface area contributed by atoms with Crippen LogP contribution in [0.2, 0.25) is 0 Å². The summed E-state index contributed by atoms with van der Waals surface area (Å²) in [5.41, 5.74) is 0. The van der Waals surface area contributed by atoms with Crippen molar-refractivity contribution in [2.24, 2.45) is 0 Å². The third kappa shape index (κ3) is 2.57. The van der Waals surface area contributed by atoms with Crippen molar-refractivity contribution in [3.63, 3.8) is 0 Å². The molecule has 0 aliphatic carbocycles. The van der Waals surface area contributed by atoms with E-state index in [1.165, 1.54) is 12.0 Å². The molecule has 2 rings (SSSR count). The van der Waals surface area contributed by atoms with Crippen LogP contribution in [0.5, 0.6) is 0 Å². The van der Waals surface area contributed by atoms with Crippen LogP contribution in [0.25, 0.3) is 0 Å². The highest BCUT2D eigenvalue weighted by Crippen LogP contribution is 2.30. The van der Waals surface area contributed by atoms with Crippen LogP contribution in [-0.2, 0) is 14.3 Å². The average Bonchev–Trinajstić information content (AvgIpc) is 2.95. The van der Waals surface area contributed by atoms with E-state index in [0.29, 0.717) is 0 Å². The first-order chi connectivity index (χ1) is 8.13. The molecule has 2 fully saturated rings. The number of aliphatic hydroxyl groups excluding tert-OH is 1. The van der Waals surface area contributed by atoms with Gasteiger partial charge in [0.25, 0.3) is 0 Å². The molecule has 0 aromatic rings. The Bertz CT molecular complexity index is 317. The molecule has 0 bridgehead atoms. The van der Waals surface area contributed by atoms with Gasteiger partial charge >= 0.3 is 5.97 Å². The smallest absolute Gasteiger partial charge is 0.328 e. The third-order valence-electron chi connectivity index (χ3n) is 3.24. The van der Waals surface area contributed by atoms with Crippen LogP contribution in [0.4, 0.5) is 0 Å². The normalized spacial score (nSPS) is 32.8. The second-order valence-corrected chi connectivity index (χ2v) is 5.73. The van der Waals surface area contributed by atoms with E-state index in [9.17, 15) is 14.7 Å². The fourth-order valence-electron chi connectivity index (χ4n) is 2.37. The second kappa shape index (κ2) is 5.27. The summed E-state index contributed by atoms with van der Waals surface area (Å²) >= 11 is 1.63. The predicted molar refractivity (Wildman–Crippen MR) is 63.6 cm³/mol. The molecular formula is C11H17NO4S. The topological polar surface area (TPSA) is 66.8 Å². The zero-order chi connectivity index (χ0) is 12.4. The van der Waals surface area contributed by atoms with Crippen molar-refractivity contribution in [3.05, 3.63) is 0 Å². The maximum atomic E-state index is 12.2. The van der Waals surface area contributed by atoms with Gasteiger partial charge in [0.1, 0.15) is 6.04 Å². The van der Waals surface area contributed by atoms with Gasteiger partial charge < -0.3 is 14.7 Å². The van der Waals surface area contributed by atoms with E-state index in [-0.39, 0.29) is 24.1 Å². The lowest BCUT2D eigenvalue weighted by Crippen LogP contribution is -2.44. The van der Waals surface area contributed by atoms with Crippen LogP contribution in [0.1, 0.15) is 19.3 Å². The molecule has 0 radical (unpaired) electrons. The monoisotopic (exact) mass is 259 g/mol. The van der Waals surface area contributed by atoms with Crippen LogP contribution in [0, 0.1) is 0 Å². The Morgan fingerprint density at radius 2 is 2.24 bits per heavy atom. The first-order valence-electron chi connectivity index (χ1n) is 5.81. The number of thioether (sulfide) groups is 1. The minimum atomic E-state index is -0.616.